The van der Waals surface area contributed by atoms with Crippen LogP contribution in [0.25, 0.3) is 0 Å². The number of hydrogen-bond acceptors (Lipinski definition) is 1. The first-order valence-corrected chi connectivity index (χ1v) is 7.91. The van der Waals surface area contributed by atoms with Gasteiger partial charge in [-0.05, 0) is 23.5 Å². The Labute approximate surface area is 136 Å². The van der Waals surface area contributed by atoms with Crippen LogP contribution in [0.5, 0.6) is 0 Å². The van der Waals surface area contributed by atoms with E-state index in [4.69, 9.17) is 0 Å². The van der Waals surface area contributed by atoms with Crippen molar-refractivity contribution in [2.75, 3.05) is 0 Å². The molecule has 0 aliphatic rings. The Bertz CT molecular complexity index is 489. The zero-order valence-corrected chi connectivity index (χ0v) is 14.4. The van der Waals surface area contributed by atoms with Crippen LogP contribution in [0.15, 0.2) is 24.3 Å². The lowest BCUT2D eigenvalue weighted by Gasteiger charge is -2.35. The highest BCUT2D eigenvalue weighted by molar-refractivity contribution is 5.24. The zero-order chi connectivity index (χ0) is 17.9. The smallest absolute Gasteiger partial charge is 0.311 e. The molecule has 132 valence electrons. The fraction of sp³-hybridized carbons (Fsp3) is 0.667. The third kappa shape index (κ3) is 4.69. The molecule has 0 amide bonds. The predicted octanol–water partition coefficient (Wildman–Crippen LogP) is 6.38. The number of ether oxygens (including phenoxy) is 1. The molecule has 0 saturated heterocycles. The second-order valence-corrected chi connectivity index (χ2v) is 7.06. The van der Waals surface area contributed by atoms with Gasteiger partial charge in [-0.2, -0.15) is 17.6 Å². The first kappa shape index (κ1) is 19.9. The van der Waals surface area contributed by atoms with Crippen LogP contribution in [0.2, 0.25) is 0 Å². The maximum Gasteiger partial charge on any atom is 0.420 e. The first-order chi connectivity index (χ1) is 10.4. The lowest BCUT2D eigenvalue weighted by Crippen LogP contribution is -2.51. The standard InChI is InChI=1S/C18H26F4O/c1-6-7-13(2)15-10-8-14(9-11-15)12-23-18(21,22)17(19,20)16(3,4)5/h8-11,13H,6-7,12H2,1-5H3. The molecule has 5 heteroatoms. The molecule has 1 atom stereocenters. The first-order valence-electron chi connectivity index (χ1n) is 7.91. The van der Waals surface area contributed by atoms with Gasteiger partial charge in [0.2, 0.25) is 0 Å². The fourth-order valence-electron chi connectivity index (χ4n) is 2.24. The summed E-state index contributed by atoms with van der Waals surface area (Å²) in [6, 6.07) is 6.96. The average molecular weight is 334 g/mol. The molecule has 23 heavy (non-hydrogen) atoms. The third-order valence-electron chi connectivity index (χ3n) is 4.00. The molecule has 0 spiro atoms. The SMILES string of the molecule is CCCC(C)c1ccc(COC(F)(F)C(F)(F)C(C)(C)C)cc1. The number of halogens is 4. The van der Waals surface area contributed by atoms with Gasteiger partial charge in [-0.1, -0.05) is 65.3 Å². The summed E-state index contributed by atoms with van der Waals surface area (Å²) in [5, 5.41) is 0. The van der Waals surface area contributed by atoms with Crippen molar-refractivity contribution >= 4 is 0 Å². The number of alkyl halides is 4. The molecule has 1 rings (SSSR count). The van der Waals surface area contributed by atoms with E-state index < -0.39 is 24.1 Å². The van der Waals surface area contributed by atoms with Crippen molar-refractivity contribution in [2.45, 2.75) is 72.0 Å². The molecule has 0 aliphatic heterocycles. The molecule has 0 heterocycles. The van der Waals surface area contributed by atoms with E-state index >= 15 is 0 Å². The van der Waals surface area contributed by atoms with Crippen molar-refractivity contribution in [3.63, 3.8) is 0 Å². The largest absolute Gasteiger partial charge is 0.420 e. The van der Waals surface area contributed by atoms with Crippen molar-refractivity contribution in [3.8, 4) is 0 Å². The summed E-state index contributed by atoms with van der Waals surface area (Å²) in [5.74, 6) is -3.88. The summed E-state index contributed by atoms with van der Waals surface area (Å²) >= 11 is 0. The molecule has 0 aromatic heterocycles. The van der Waals surface area contributed by atoms with Crippen molar-refractivity contribution in [1.82, 2.24) is 0 Å². The maximum atomic E-state index is 13.8. The van der Waals surface area contributed by atoms with Crippen LogP contribution < -0.4 is 0 Å². The van der Waals surface area contributed by atoms with Crippen LogP contribution in [0.3, 0.4) is 0 Å². The van der Waals surface area contributed by atoms with Crippen LogP contribution in [0.1, 0.15) is 64.5 Å². The summed E-state index contributed by atoms with van der Waals surface area (Å²) in [6.07, 6.45) is -2.43. The van der Waals surface area contributed by atoms with Gasteiger partial charge >= 0.3 is 12.0 Å². The van der Waals surface area contributed by atoms with E-state index in [0.29, 0.717) is 11.5 Å². The van der Waals surface area contributed by atoms with Gasteiger partial charge < -0.3 is 4.74 Å². The van der Waals surface area contributed by atoms with Crippen LogP contribution in [0, 0.1) is 5.41 Å². The second-order valence-electron chi connectivity index (χ2n) is 7.06. The van der Waals surface area contributed by atoms with E-state index in [0.717, 1.165) is 39.2 Å². The Morgan fingerprint density at radius 2 is 1.52 bits per heavy atom. The minimum absolute atomic E-state index is 0.377. The Morgan fingerprint density at radius 1 is 1.00 bits per heavy atom. The molecule has 1 aromatic rings. The molecule has 0 radical (unpaired) electrons. The van der Waals surface area contributed by atoms with Gasteiger partial charge in [-0.25, -0.2) is 0 Å². The summed E-state index contributed by atoms with van der Waals surface area (Å²) < 4.78 is 59.3. The third-order valence-corrected chi connectivity index (χ3v) is 4.00. The molecule has 1 nitrogen and oxygen atoms in total. The Balaban J connectivity index is 2.74. The summed E-state index contributed by atoms with van der Waals surface area (Å²) in [7, 11) is 0. The minimum Gasteiger partial charge on any atom is -0.311 e. The maximum absolute atomic E-state index is 13.8. The van der Waals surface area contributed by atoms with Gasteiger partial charge in [0.1, 0.15) is 0 Å². The molecule has 0 N–H and O–H groups in total. The number of hydrogen-bond donors (Lipinski definition) is 0. The van der Waals surface area contributed by atoms with Gasteiger partial charge in [0.25, 0.3) is 0 Å². The van der Waals surface area contributed by atoms with Gasteiger partial charge in [-0.15, -0.1) is 0 Å². The van der Waals surface area contributed by atoms with E-state index in [1.54, 1.807) is 12.1 Å². The van der Waals surface area contributed by atoms with Crippen LogP contribution in [0.4, 0.5) is 17.6 Å². The van der Waals surface area contributed by atoms with Gasteiger partial charge in [0, 0.05) is 5.41 Å². The lowest BCUT2D eigenvalue weighted by atomic mass is 9.87. The highest BCUT2D eigenvalue weighted by atomic mass is 19.3. The average Bonchev–Trinajstić information content (AvgIpc) is 2.44. The highest BCUT2D eigenvalue weighted by Crippen LogP contribution is 2.47. The monoisotopic (exact) mass is 334 g/mol. The van der Waals surface area contributed by atoms with E-state index in [2.05, 4.69) is 18.6 Å². The normalized spacial score (nSPS) is 14.8. The number of benzene rings is 1. The van der Waals surface area contributed by atoms with Crippen molar-refractivity contribution in [1.29, 1.82) is 0 Å². The molecular weight excluding hydrogens is 308 g/mol. The fourth-order valence-corrected chi connectivity index (χ4v) is 2.24. The Morgan fingerprint density at radius 3 is 1.96 bits per heavy atom. The van der Waals surface area contributed by atoms with Gasteiger partial charge in [0.05, 0.1) is 6.61 Å². The topological polar surface area (TPSA) is 9.23 Å². The lowest BCUT2D eigenvalue weighted by molar-refractivity contribution is -0.377. The van der Waals surface area contributed by atoms with E-state index in [1.807, 2.05) is 12.1 Å². The van der Waals surface area contributed by atoms with Crippen molar-refractivity contribution in [3.05, 3.63) is 35.4 Å². The summed E-state index contributed by atoms with van der Waals surface area (Å²) in [4.78, 5) is 0. The summed E-state index contributed by atoms with van der Waals surface area (Å²) in [5.41, 5.74) is -0.347. The molecule has 1 unspecified atom stereocenters. The quantitative estimate of drug-likeness (QED) is 0.526. The number of rotatable bonds is 7. The van der Waals surface area contributed by atoms with Crippen LogP contribution in [-0.4, -0.2) is 12.0 Å². The zero-order valence-electron chi connectivity index (χ0n) is 14.4. The molecule has 0 aliphatic carbocycles. The van der Waals surface area contributed by atoms with Crippen LogP contribution >= 0.6 is 0 Å². The van der Waals surface area contributed by atoms with Gasteiger partial charge in [-0.3, -0.25) is 0 Å². The molecular formula is C18H26F4O. The highest BCUT2D eigenvalue weighted by Gasteiger charge is 2.64. The van der Waals surface area contributed by atoms with Crippen molar-refractivity contribution < 1.29 is 22.3 Å². The Kier molecular flexibility index (Phi) is 6.25. The predicted molar refractivity (Wildman–Crippen MR) is 83.9 cm³/mol. The molecule has 0 bridgehead atoms. The molecule has 0 saturated carbocycles. The van der Waals surface area contributed by atoms with E-state index in [1.165, 1.54) is 0 Å². The second kappa shape index (κ2) is 7.20. The minimum atomic E-state index is -4.51. The van der Waals surface area contributed by atoms with E-state index in [-0.39, 0.29) is 0 Å². The molecule has 0 fully saturated rings. The Hall–Kier alpha value is -1.10. The van der Waals surface area contributed by atoms with E-state index in [9.17, 15) is 17.6 Å². The van der Waals surface area contributed by atoms with Gasteiger partial charge in [0.15, 0.2) is 0 Å². The van der Waals surface area contributed by atoms with Crippen molar-refractivity contribution in [2.24, 2.45) is 5.41 Å². The summed E-state index contributed by atoms with van der Waals surface area (Å²) in [6.45, 7) is 6.82. The molecule has 1 aromatic carbocycles. The van der Waals surface area contributed by atoms with Crippen LogP contribution in [-0.2, 0) is 11.3 Å².